The van der Waals surface area contributed by atoms with Crippen molar-refractivity contribution in [2.45, 2.75) is 69.0 Å². The number of aliphatic hydroxyl groups is 1. The van der Waals surface area contributed by atoms with Crippen molar-refractivity contribution in [3.63, 3.8) is 0 Å². The Morgan fingerprint density at radius 1 is 1.05 bits per heavy atom. The molecule has 6 rings (SSSR count). The molecule has 2 aliphatic rings. The summed E-state index contributed by atoms with van der Waals surface area (Å²) in [5.41, 5.74) is 3.06. The molecule has 1 amide bonds. The Kier molecular flexibility index (Phi) is 8.73. The molecular weight excluding hydrogens is 640 g/mol. The summed E-state index contributed by atoms with van der Waals surface area (Å²) in [6.45, 7) is 1.78. The molecule has 1 aromatic heterocycles. The van der Waals surface area contributed by atoms with Crippen molar-refractivity contribution < 1.29 is 19.7 Å². The van der Waals surface area contributed by atoms with Crippen LogP contribution in [0.3, 0.4) is 0 Å². The highest BCUT2D eigenvalue weighted by Crippen LogP contribution is 2.51. The van der Waals surface area contributed by atoms with E-state index in [9.17, 15) is 15.0 Å². The van der Waals surface area contributed by atoms with Gasteiger partial charge >= 0.3 is 0 Å². The number of amides is 1. The van der Waals surface area contributed by atoms with E-state index in [1.165, 1.54) is 12.5 Å². The standard InChI is InChI=1S/C36H36BrClN2O4/c1-35(43,22-39-33(42)27-10-4-6-12-31(27)41)20-24-21-36(17-7-2-8-18-36)44-34-29(24)19-28(23-13-15-25(37)16-14-23)32(40-34)26-9-3-5-11-30(26)38/h3-6,9-16,19,24,41,43H,2,7-8,17-18,20-22H2,1H3,(H,39,42). The molecule has 44 heavy (non-hydrogen) atoms. The molecule has 3 aromatic carbocycles. The number of hydrogen-bond donors (Lipinski definition) is 3. The van der Waals surface area contributed by atoms with Gasteiger partial charge < -0.3 is 20.3 Å². The fraction of sp³-hybridized carbons (Fsp3) is 0.333. The first-order valence-corrected chi connectivity index (χ1v) is 16.3. The summed E-state index contributed by atoms with van der Waals surface area (Å²) in [7, 11) is 0. The summed E-state index contributed by atoms with van der Waals surface area (Å²) in [4.78, 5) is 18.0. The van der Waals surface area contributed by atoms with Crippen molar-refractivity contribution in [2.75, 3.05) is 6.54 Å². The number of phenolic OH excluding ortho intramolecular Hbond substituents is 1. The Morgan fingerprint density at radius 3 is 2.48 bits per heavy atom. The number of para-hydroxylation sites is 1. The lowest BCUT2D eigenvalue weighted by Gasteiger charge is -2.45. The molecule has 1 aliphatic heterocycles. The Morgan fingerprint density at radius 2 is 1.75 bits per heavy atom. The number of phenols is 1. The second-order valence-corrected chi connectivity index (χ2v) is 13.7. The highest BCUT2D eigenvalue weighted by atomic mass is 79.9. The number of carbonyl (C=O) groups is 1. The third-order valence-electron chi connectivity index (χ3n) is 8.90. The summed E-state index contributed by atoms with van der Waals surface area (Å²) >= 11 is 10.3. The first-order chi connectivity index (χ1) is 21.1. The molecule has 8 heteroatoms. The Labute approximate surface area is 271 Å². The average Bonchev–Trinajstić information content (AvgIpc) is 3.00. The quantitative estimate of drug-likeness (QED) is 0.182. The molecule has 4 aromatic rings. The van der Waals surface area contributed by atoms with Gasteiger partial charge in [-0.2, -0.15) is 0 Å². The zero-order chi connectivity index (χ0) is 30.9. The molecule has 2 unspecified atom stereocenters. The number of aromatic hydroxyl groups is 1. The van der Waals surface area contributed by atoms with Gasteiger partial charge in [-0.25, -0.2) is 4.98 Å². The molecule has 2 atom stereocenters. The van der Waals surface area contributed by atoms with Gasteiger partial charge in [0.2, 0.25) is 5.88 Å². The SMILES string of the molecule is CC(O)(CNC(=O)c1ccccc1O)CC1CC2(CCCCC2)Oc2nc(-c3ccccc3Cl)c(-c3ccc(Br)cc3)cc21. The van der Waals surface area contributed by atoms with Crippen molar-refractivity contribution in [3.8, 4) is 34.0 Å². The first kappa shape index (κ1) is 30.6. The van der Waals surface area contributed by atoms with Crippen molar-refractivity contribution in [2.24, 2.45) is 0 Å². The van der Waals surface area contributed by atoms with Crippen LogP contribution in [0.4, 0.5) is 0 Å². The van der Waals surface area contributed by atoms with Crippen LogP contribution in [0.25, 0.3) is 22.4 Å². The van der Waals surface area contributed by atoms with Crippen LogP contribution in [0.5, 0.6) is 11.6 Å². The van der Waals surface area contributed by atoms with E-state index in [2.05, 4.69) is 39.4 Å². The van der Waals surface area contributed by atoms with Crippen molar-refractivity contribution in [1.29, 1.82) is 0 Å². The zero-order valence-corrected chi connectivity index (χ0v) is 27.0. The van der Waals surface area contributed by atoms with E-state index >= 15 is 0 Å². The fourth-order valence-corrected chi connectivity index (χ4v) is 7.21. The number of ether oxygens (including phenoxy) is 1. The van der Waals surface area contributed by atoms with Crippen molar-refractivity contribution in [3.05, 3.63) is 99.5 Å². The summed E-state index contributed by atoms with van der Waals surface area (Å²) in [6, 6.07) is 24.4. The molecule has 0 radical (unpaired) electrons. The smallest absolute Gasteiger partial charge is 0.255 e. The number of fused-ring (bicyclic) bond motifs is 1. The van der Waals surface area contributed by atoms with Crippen molar-refractivity contribution >= 4 is 33.4 Å². The highest BCUT2D eigenvalue weighted by molar-refractivity contribution is 9.10. The average molecular weight is 676 g/mol. The molecule has 0 saturated heterocycles. The lowest BCUT2D eigenvalue weighted by molar-refractivity contribution is -0.0205. The zero-order valence-electron chi connectivity index (χ0n) is 24.7. The third kappa shape index (κ3) is 6.51. The molecular formula is C36H36BrClN2O4. The molecule has 1 saturated carbocycles. The van der Waals surface area contributed by atoms with Crippen LogP contribution in [0, 0.1) is 0 Å². The van der Waals surface area contributed by atoms with Crippen LogP contribution < -0.4 is 10.1 Å². The molecule has 1 aliphatic carbocycles. The van der Waals surface area contributed by atoms with Crippen LogP contribution in [0.2, 0.25) is 5.02 Å². The van der Waals surface area contributed by atoms with E-state index in [1.807, 2.05) is 36.4 Å². The molecule has 2 heterocycles. The van der Waals surface area contributed by atoms with E-state index in [0.717, 1.165) is 64.5 Å². The van der Waals surface area contributed by atoms with Gasteiger partial charge in [-0.15, -0.1) is 0 Å². The predicted molar refractivity (Wildman–Crippen MR) is 177 cm³/mol. The minimum absolute atomic E-state index is 0.0323. The predicted octanol–water partition coefficient (Wildman–Crippen LogP) is 8.68. The second kappa shape index (κ2) is 12.5. The molecule has 228 valence electrons. The van der Waals surface area contributed by atoms with Crippen LogP contribution in [0.1, 0.15) is 73.7 Å². The Hall–Kier alpha value is -3.39. The first-order valence-electron chi connectivity index (χ1n) is 15.2. The van der Waals surface area contributed by atoms with E-state index in [0.29, 0.717) is 17.3 Å². The van der Waals surface area contributed by atoms with E-state index in [1.54, 1.807) is 25.1 Å². The lowest BCUT2D eigenvalue weighted by atomic mass is 9.72. The molecule has 0 bridgehead atoms. The van der Waals surface area contributed by atoms with Gasteiger partial charge in [0.1, 0.15) is 11.4 Å². The third-order valence-corrected chi connectivity index (χ3v) is 9.76. The maximum atomic E-state index is 12.8. The lowest BCUT2D eigenvalue weighted by Crippen LogP contribution is -2.46. The second-order valence-electron chi connectivity index (χ2n) is 12.4. The Bertz CT molecular complexity index is 1670. The summed E-state index contributed by atoms with van der Waals surface area (Å²) < 4.78 is 7.83. The summed E-state index contributed by atoms with van der Waals surface area (Å²) in [6.07, 6.45) is 6.39. The van der Waals surface area contributed by atoms with Crippen molar-refractivity contribution in [1.82, 2.24) is 10.3 Å². The maximum Gasteiger partial charge on any atom is 0.255 e. The molecule has 6 nitrogen and oxygen atoms in total. The minimum Gasteiger partial charge on any atom is -0.507 e. The van der Waals surface area contributed by atoms with Gasteiger partial charge in [-0.1, -0.05) is 76.4 Å². The molecule has 3 N–H and O–H groups in total. The topological polar surface area (TPSA) is 91.7 Å². The number of benzene rings is 3. The van der Waals surface area contributed by atoms with Crippen LogP contribution in [-0.4, -0.2) is 38.9 Å². The van der Waals surface area contributed by atoms with Gasteiger partial charge in [0.15, 0.2) is 0 Å². The number of nitrogens with zero attached hydrogens (tertiary/aromatic N) is 1. The minimum atomic E-state index is -1.23. The monoisotopic (exact) mass is 674 g/mol. The summed E-state index contributed by atoms with van der Waals surface area (Å²) in [5, 5.41) is 25.2. The Balaban J connectivity index is 1.39. The number of halogens is 2. The number of aromatic nitrogens is 1. The van der Waals surface area contributed by atoms with Gasteiger partial charge in [0, 0.05) is 32.7 Å². The molecule has 1 fully saturated rings. The number of rotatable bonds is 7. The number of carbonyl (C=O) groups excluding carboxylic acids is 1. The van der Waals surface area contributed by atoms with E-state index in [-0.39, 0.29) is 29.4 Å². The maximum absolute atomic E-state index is 12.8. The number of nitrogens with one attached hydrogen (secondary N) is 1. The normalized spacial score (nSPS) is 18.6. The van der Waals surface area contributed by atoms with Crippen LogP contribution in [0.15, 0.2) is 83.3 Å². The van der Waals surface area contributed by atoms with E-state index in [4.69, 9.17) is 21.3 Å². The van der Waals surface area contributed by atoms with Gasteiger partial charge in [-0.3, -0.25) is 4.79 Å². The fourth-order valence-electron chi connectivity index (χ4n) is 6.72. The number of hydrogen-bond acceptors (Lipinski definition) is 5. The largest absolute Gasteiger partial charge is 0.507 e. The summed E-state index contributed by atoms with van der Waals surface area (Å²) in [5.74, 6) is 0.00929. The van der Waals surface area contributed by atoms with Gasteiger partial charge in [-0.05, 0) is 93.3 Å². The van der Waals surface area contributed by atoms with Gasteiger partial charge in [0.25, 0.3) is 5.91 Å². The number of pyridine rings is 1. The molecule has 1 spiro atoms. The van der Waals surface area contributed by atoms with Gasteiger partial charge in [0.05, 0.1) is 16.9 Å². The highest BCUT2D eigenvalue weighted by Gasteiger charge is 2.45. The van der Waals surface area contributed by atoms with Crippen LogP contribution >= 0.6 is 27.5 Å². The van der Waals surface area contributed by atoms with Crippen LogP contribution in [-0.2, 0) is 0 Å². The van der Waals surface area contributed by atoms with E-state index < -0.39 is 11.5 Å².